The number of rotatable bonds is 5. The number of benzene rings is 1. The summed E-state index contributed by atoms with van der Waals surface area (Å²) < 4.78 is 18.7. The molecule has 1 aromatic carbocycles. The highest BCUT2D eigenvalue weighted by molar-refractivity contribution is 5.89. The van der Waals surface area contributed by atoms with Crippen LogP contribution in [0.2, 0.25) is 0 Å². The third-order valence-corrected chi connectivity index (χ3v) is 5.70. The second-order valence-corrected chi connectivity index (χ2v) is 7.48. The van der Waals surface area contributed by atoms with Crippen LogP contribution in [-0.4, -0.2) is 95.7 Å². The summed E-state index contributed by atoms with van der Waals surface area (Å²) in [6, 6.07) is 3.51. The van der Waals surface area contributed by atoms with Crippen LogP contribution in [0, 0.1) is 5.82 Å². The average Bonchev–Trinajstić information content (AvgIpc) is 3.12. The predicted molar refractivity (Wildman–Crippen MR) is 104 cm³/mol. The molecule has 29 heavy (non-hydrogen) atoms. The zero-order valence-electron chi connectivity index (χ0n) is 16.1. The number of piperazine rings is 1. The van der Waals surface area contributed by atoms with E-state index in [1.165, 1.54) is 12.1 Å². The molecule has 2 aromatic rings. The van der Waals surface area contributed by atoms with E-state index in [2.05, 4.69) is 9.88 Å². The summed E-state index contributed by atoms with van der Waals surface area (Å²) in [4.78, 5) is 33.3. The zero-order chi connectivity index (χ0) is 20.4. The molecular formula is C20H25FN4O4. The van der Waals surface area contributed by atoms with Gasteiger partial charge in [0.1, 0.15) is 11.9 Å². The van der Waals surface area contributed by atoms with Crippen molar-refractivity contribution >= 4 is 22.8 Å². The standard InChI is InChI=1S/C20H25FN4O4/c21-14-1-2-15-16(12-22-17(15)11-14)19(20(27)28)25-5-3-23(4-6-25)13-18(26)24-7-9-29-10-8-24/h1-2,11-12,19,22H,3-10,13H2,(H,27,28)/t19-/m0/s1. The SMILES string of the molecule is O=C(O)[C@H](c1c[nH]c2cc(F)ccc12)N1CCN(CC(=O)N2CCOCC2)CC1. The lowest BCUT2D eigenvalue weighted by atomic mass is 10.0. The Kier molecular flexibility index (Phi) is 5.79. The highest BCUT2D eigenvalue weighted by Crippen LogP contribution is 2.30. The molecule has 1 atom stereocenters. The topological polar surface area (TPSA) is 89.1 Å². The van der Waals surface area contributed by atoms with E-state index < -0.39 is 12.0 Å². The number of carbonyl (C=O) groups is 2. The van der Waals surface area contributed by atoms with Gasteiger partial charge in [-0.25, -0.2) is 4.39 Å². The number of carboxylic acids is 1. The summed E-state index contributed by atoms with van der Waals surface area (Å²) in [6.45, 7) is 5.08. The smallest absolute Gasteiger partial charge is 0.325 e. The normalized spacial score (nSPS) is 20.1. The molecule has 0 aliphatic carbocycles. The number of carboxylic acid groups (broad SMARTS) is 1. The number of fused-ring (bicyclic) bond motifs is 1. The van der Waals surface area contributed by atoms with Gasteiger partial charge in [-0.1, -0.05) is 0 Å². The van der Waals surface area contributed by atoms with E-state index in [0.717, 1.165) is 0 Å². The first kappa shape index (κ1) is 19.8. The van der Waals surface area contributed by atoms with Crippen molar-refractivity contribution in [2.75, 3.05) is 59.0 Å². The maximum atomic E-state index is 13.5. The van der Waals surface area contributed by atoms with Crippen molar-refractivity contribution in [3.63, 3.8) is 0 Å². The summed E-state index contributed by atoms with van der Waals surface area (Å²) in [5.41, 5.74) is 1.21. The minimum absolute atomic E-state index is 0.0928. The molecule has 4 rings (SSSR count). The number of nitrogens with zero attached hydrogens (tertiary/aromatic N) is 3. The third kappa shape index (κ3) is 4.26. The molecule has 2 aliphatic heterocycles. The van der Waals surface area contributed by atoms with Gasteiger partial charge in [-0.2, -0.15) is 0 Å². The van der Waals surface area contributed by atoms with E-state index in [4.69, 9.17) is 4.74 Å². The number of hydrogen-bond donors (Lipinski definition) is 2. The van der Waals surface area contributed by atoms with Gasteiger partial charge in [0.05, 0.1) is 19.8 Å². The van der Waals surface area contributed by atoms with E-state index >= 15 is 0 Å². The number of halogens is 1. The van der Waals surface area contributed by atoms with Gasteiger partial charge in [0.15, 0.2) is 0 Å². The van der Waals surface area contributed by atoms with E-state index in [9.17, 15) is 19.1 Å². The molecule has 9 heteroatoms. The van der Waals surface area contributed by atoms with Crippen LogP contribution in [0.25, 0.3) is 10.9 Å². The van der Waals surface area contributed by atoms with E-state index in [1.807, 2.05) is 9.80 Å². The average molecular weight is 404 g/mol. The van der Waals surface area contributed by atoms with Gasteiger partial charge in [0, 0.05) is 61.9 Å². The predicted octanol–water partition coefficient (Wildman–Crippen LogP) is 0.909. The van der Waals surface area contributed by atoms with Crippen molar-refractivity contribution in [1.82, 2.24) is 19.7 Å². The largest absolute Gasteiger partial charge is 0.480 e. The molecule has 0 spiro atoms. The molecule has 156 valence electrons. The van der Waals surface area contributed by atoms with Gasteiger partial charge in [0.25, 0.3) is 0 Å². The lowest BCUT2D eigenvalue weighted by Gasteiger charge is -2.38. The Morgan fingerprint density at radius 2 is 1.86 bits per heavy atom. The number of aliphatic carboxylic acids is 1. The Morgan fingerprint density at radius 3 is 2.55 bits per heavy atom. The van der Waals surface area contributed by atoms with E-state index in [-0.39, 0.29) is 11.7 Å². The van der Waals surface area contributed by atoms with Gasteiger partial charge in [0.2, 0.25) is 5.91 Å². The molecule has 0 unspecified atom stereocenters. The van der Waals surface area contributed by atoms with Gasteiger partial charge < -0.3 is 19.7 Å². The summed E-state index contributed by atoms with van der Waals surface area (Å²) in [7, 11) is 0. The number of ether oxygens (including phenoxy) is 1. The molecule has 8 nitrogen and oxygen atoms in total. The fourth-order valence-electron chi connectivity index (χ4n) is 4.12. The molecule has 0 radical (unpaired) electrons. The van der Waals surface area contributed by atoms with Crippen molar-refractivity contribution in [2.24, 2.45) is 0 Å². The number of H-pyrrole nitrogens is 1. The maximum Gasteiger partial charge on any atom is 0.325 e. The van der Waals surface area contributed by atoms with Gasteiger partial charge in [-0.3, -0.25) is 19.4 Å². The van der Waals surface area contributed by atoms with Crippen LogP contribution in [0.1, 0.15) is 11.6 Å². The van der Waals surface area contributed by atoms with Crippen LogP contribution in [-0.2, 0) is 14.3 Å². The van der Waals surface area contributed by atoms with Crippen LogP contribution < -0.4 is 0 Å². The van der Waals surface area contributed by atoms with Crippen LogP contribution in [0.15, 0.2) is 24.4 Å². The molecule has 2 N–H and O–H groups in total. The van der Waals surface area contributed by atoms with Gasteiger partial charge >= 0.3 is 5.97 Å². The molecule has 1 amide bonds. The zero-order valence-corrected chi connectivity index (χ0v) is 16.1. The van der Waals surface area contributed by atoms with Crippen LogP contribution in [0.3, 0.4) is 0 Å². The number of amides is 1. The molecule has 1 aromatic heterocycles. The van der Waals surface area contributed by atoms with E-state index in [1.54, 1.807) is 12.3 Å². The molecule has 2 fully saturated rings. The Bertz CT molecular complexity index is 888. The number of hydrogen-bond acceptors (Lipinski definition) is 5. The van der Waals surface area contributed by atoms with Gasteiger partial charge in [-0.05, 0) is 18.2 Å². The highest BCUT2D eigenvalue weighted by Gasteiger charge is 2.33. The summed E-state index contributed by atoms with van der Waals surface area (Å²) >= 11 is 0. The Morgan fingerprint density at radius 1 is 1.14 bits per heavy atom. The molecule has 2 saturated heterocycles. The summed E-state index contributed by atoms with van der Waals surface area (Å²) in [5, 5.41) is 10.6. The Labute approximate surface area is 167 Å². The van der Waals surface area contributed by atoms with Crippen LogP contribution in [0.4, 0.5) is 4.39 Å². The fraction of sp³-hybridized carbons (Fsp3) is 0.500. The van der Waals surface area contributed by atoms with Crippen molar-refractivity contribution in [3.05, 3.63) is 35.8 Å². The molecule has 0 saturated carbocycles. The lowest BCUT2D eigenvalue weighted by molar-refractivity contribution is -0.145. The minimum atomic E-state index is -0.937. The third-order valence-electron chi connectivity index (χ3n) is 5.70. The quantitative estimate of drug-likeness (QED) is 0.770. The minimum Gasteiger partial charge on any atom is -0.480 e. The first-order valence-corrected chi connectivity index (χ1v) is 9.84. The van der Waals surface area contributed by atoms with Gasteiger partial charge in [-0.15, -0.1) is 0 Å². The molecular weight excluding hydrogens is 379 g/mol. The van der Waals surface area contributed by atoms with Crippen molar-refractivity contribution in [1.29, 1.82) is 0 Å². The Hall–Kier alpha value is -2.49. The highest BCUT2D eigenvalue weighted by atomic mass is 19.1. The number of carbonyl (C=O) groups excluding carboxylic acids is 1. The molecule has 3 heterocycles. The number of aromatic nitrogens is 1. The monoisotopic (exact) mass is 404 g/mol. The molecule has 2 aliphatic rings. The fourth-order valence-corrected chi connectivity index (χ4v) is 4.12. The number of aromatic amines is 1. The van der Waals surface area contributed by atoms with Crippen LogP contribution in [0.5, 0.6) is 0 Å². The van der Waals surface area contributed by atoms with Crippen LogP contribution >= 0.6 is 0 Å². The van der Waals surface area contributed by atoms with Crippen molar-refractivity contribution < 1.29 is 23.8 Å². The maximum absolute atomic E-state index is 13.5. The lowest BCUT2D eigenvalue weighted by Crippen LogP contribution is -2.52. The second kappa shape index (κ2) is 8.48. The number of morpholine rings is 1. The molecule has 0 bridgehead atoms. The van der Waals surface area contributed by atoms with E-state index in [0.29, 0.717) is 75.5 Å². The Balaban J connectivity index is 1.41. The number of nitrogens with one attached hydrogen (secondary N) is 1. The summed E-state index contributed by atoms with van der Waals surface area (Å²) in [6.07, 6.45) is 1.65. The van der Waals surface area contributed by atoms with Crippen molar-refractivity contribution in [3.8, 4) is 0 Å². The summed E-state index contributed by atoms with van der Waals surface area (Å²) in [5.74, 6) is -1.21. The van der Waals surface area contributed by atoms with Crippen molar-refractivity contribution in [2.45, 2.75) is 6.04 Å². The first-order valence-electron chi connectivity index (χ1n) is 9.84. The second-order valence-electron chi connectivity index (χ2n) is 7.48. The first-order chi connectivity index (χ1) is 14.0.